The molecule has 1 N–H and O–H groups in total. The van der Waals surface area contributed by atoms with Gasteiger partial charge in [-0.2, -0.15) is 0 Å². The number of nitrogens with zero attached hydrogens (tertiary/aromatic N) is 1. The Hall–Kier alpha value is -2.04. The highest BCUT2D eigenvalue weighted by atomic mass is 16.5. The zero-order valence-corrected chi connectivity index (χ0v) is 10.7. The zero-order chi connectivity index (χ0) is 13.7. The van der Waals surface area contributed by atoms with E-state index in [9.17, 15) is 9.59 Å². The number of carboxylic acids is 1. The van der Waals surface area contributed by atoms with Gasteiger partial charge in [0, 0.05) is 25.1 Å². The first-order valence-corrected chi connectivity index (χ1v) is 6.42. The minimum absolute atomic E-state index is 0.111. The van der Waals surface area contributed by atoms with Gasteiger partial charge in [0.05, 0.1) is 6.61 Å². The topological polar surface area (TPSA) is 66.8 Å². The van der Waals surface area contributed by atoms with Crippen LogP contribution >= 0.6 is 0 Å². The average Bonchev–Trinajstić information content (AvgIpc) is 2.81. The number of hydrogen-bond donors (Lipinski definition) is 1. The Morgan fingerprint density at radius 3 is 2.63 bits per heavy atom. The predicted molar refractivity (Wildman–Crippen MR) is 70.4 cm³/mol. The van der Waals surface area contributed by atoms with Crippen molar-refractivity contribution in [1.29, 1.82) is 0 Å². The molecule has 0 atom stereocenters. The van der Waals surface area contributed by atoms with E-state index in [1.165, 1.54) is 0 Å². The third-order valence-corrected chi connectivity index (χ3v) is 3.03. The van der Waals surface area contributed by atoms with Crippen LogP contribution < -0.4 is 9.64 Å². The lowest BCUT2D eigenvalue weighted by molar-refractivity contribution is -0.137. The molecule has 1 aromatic carbocycles. The van der Waals surface area contributed by atoms with Gasteiger partial charge in [-0.1, -0.05) is 0 Å². The van der Waals surface area contributed by atoms with Gasteiger partial charge >= 0.3 is 5.97 Å². The van der Waals surface area contributed by atoms with Crippen LogP contribution in [0.15, 0.2) is 24.3 Å². The number of carbonyl (C=O) groups is 2. The third-order valence-electron chi connectivity index (χ3n) is 3.03. The highest BCUT2D eigenvalue weighted by molar-refractivity contribution is 5.95. The Balaban J connectivity index is 1.84. The first kappa shape index (κ1) is 13.4. The quantitative estimate of drug-likeness (QED) is 0.798. The molecule has 1 heterocycles. The number of aliphatic carboxylic acids is 1. The van der Waals surface area contributed by atoms with Crippen LogP contribution in [0.1, 0.15) is 25.7 Å². The Bertz CT molecular complexity index is 455. The van der Waals surface area contributed by atoms with E-state index in [0.717, 1.165) is 18.7 Å². The summed E-state index contributed by atoms with van der Waals surface area (Å²) >= 11 is 0. The molecule has 5 heteroatoms. The fourth-order valence-electron chi connectivity index (χ4n) is 2.06. The van der Waals surface area contributed by atoms with E-state index >= 15 is 0 Å². The van der Waals surface area contributed by atoms with Gasteiger partial charge in [-0.3, -0.25) is 9.59 Å². The first-order valence-electron chi connectivity index (χ1n) is 6.42. The van der Waals surface area contributed by atoms with E-state index in [1.807, 2.05) is 24.3 Å². The smallest absolute Gasteiger partial charge is 0.303 e. The number of ether oxygens (including phenoxy) is 1. The molecule has 0 spiro atoms. The summed E-state index contributed by atoms with van der Waals surface area (Å²) < 4.78 is 5.43. The van der Waals surface area contributed by atoms with E-state index in [0.29, 0.717) is 25.2 Å². The van der Waals surface area contributed by atoms with E-state index in [2.05, 4.69) is 0 Å². The summed E-state index contributed by atoms with van der Waals surface area (Å²) in [5, 5.41) is 8.50. The van der Waals surface area contributed by atoms with Crippen molar-refractivity contribution in [2.45, 2.75) is 25.7 Å². The molecule has 1 aliphatic heterocycles. The molecule has 0 unspecified atom stereocenters. The highest BCUT2D eigenvalue weighted by Gasteiger charge is 2.21. The second-order valence-corrected chi connectivity index (χ2v) is 4.49. The summed E-state index contributed by atoms with van der Waals surface area (Å²) in [4.78, 5) is 23.7. The monoisotopic (exact) mass is 263 g/mol. The summed E-state index contributed by atoms with van der Waals surface area (Å²) in [7, 11) is 0. The van der Waals surface area contributed by atoms with Crippen LogP contribution in [0.3, 0.4) is 0 Å². The normalized spacial score (nSPS) is 14.7. The van der Waals surface area contributed by atoms with Crippen molar-refractivity contribution >= 4 is 17.6 Å². The molecule has 1 aliphatic rings. The van der Waals surface area contributed by atoms with Gasteiger partial charge in [0.2, 0.25) is 5.91 Å². The lowest BCUT2D eigenvalue weighted by Crippen LogP contribution is -2.23. The molecule has 1 fully saturated rings. The third kappa shape index (κ3) is 3.71. The van der Waals surface area contributed by atoms with E-state index in [1.54, 1.807) is 4.90 Å². The molecule has 5 nitrogen and oxygen atoms in total. The maximum Gasteiger partial charge on any atom is 0.303 e. The van der Waals surface area contributed by atoms with Crippen LogP contribution in [0, 0.1) is 0 Å². The zero-order valence-electron chi connectivity index (χ0n) is 10.7. The van der Waals surface area contributed by atoms with Crippen molar-refractivity contribution in [2.75, 3.05) is 18.1 Å². The summed E-state index contributed by atoms with van der Waals surface area (Å²) in [6, 6.07) is 7.33. The first-order chi connectivity index (χ1) is 9.16. The SMILES string of the molecule is O=C(O)CCCOc1ccc(N2CCCC2=O)cc1. The van der Waals surface area contributed by atoms with Crippen LogP contribution in [0.4, 0.5) is 5.69 Å². The number of amides is 1. The Kier molecular flexibility index (Phi) is 4.39. The van der Waals surface area contributed by atoms with Gasteiger partial charge in [-0.15, -0.1) is 0 Å². The number of carboxylic acid groups (broad SMARTS) is 1. The maximum absolute atomic E-state index is 11.6. The minimum atomic E-state index is -0.813. The molecule has 19 heavy (non-hydrogen) atoms. The molecule has 0 aromatic heterocycles. The van der Waals surface area contributed by atoms with Gasteiger partial charge in [-0.25, -0.2) is 0 Å². The number of benzene rings is 1. The van der Waals surface area contributed by atoms with Crippen LogP contribution in [0.25, 0.3) is 0 Å². The van der Waals surface area contributed by atoms with Crippen LogP contribution in [0.2, 0.25) is 0 Å². The van der Waals surface area contributed by atoms with Crippen molar-refractivity contribution in [2.24, 2.45) is 0 Å². The molecule has 102 valence electrons. The van der Waals surface area contributed by atoms with Crippen molar-refractivity contribution in [3.05, 3.63) is 24.3 Å². The van der Waals surface area contributed by atoms with Crippen molar-refractivity contribution in [3.63, 3.8) is 0 Å². The van der Waals surface area contributed by atoms with Crippen molar-refractivity contribution in [1.82, 2.24) is 0 Å². The number of anilines is 1. The summed E-state index contributed by atoms with van der Waals surface area (Å²) in [5.74, 6) is 0.0439. The molecule has 1 aromatic rings. The fourth-order valence-corrected chi connectivity index (χ4v) is 2.06. The maximum atomic E-state index is 11.6. The van der Waals surface area contributed by atoms with Gasteiger partial charge in [0.25, 0.3) is 0 Å². The molecule has 0 bridgehead atoms. The second-order valence-electron chi connectivity index (χ2n) is 4.49. The summed E-state index contributed by atoms with van der Waals surface area (Å²) in [6.45, 7) is 1.16. The number of hydrogen-bond acceptors (Lipinski definition) is 3. The fraction of sp³-hybridized carbons (Fsp3) is 0.429. The highest BCUT2D eigenvalue weighted by Crippen LogP contribution is 2.23. The lowest BCUT2D eigenvalue weighted by atomic mass is 10.2. The van der Waals surface area contributed by atoms with Gasteiger partial charge in [-0.05, 0) is 37.1 Å². The standard InChI is InChI=1S/C14H17NO4/c16-13-3-1-9-15(13)11-5-7-12(8-6-11)19-10-2-4-14(17)18/h5-8H,1-4,9-10H2,(H,17,18). The molecule has 0 saturated carbocycles. The van der Waals surface area contributed by atoms with Crippen molar-refractivity contribution in [3.8, 4) is 5.75 Å². The lowest BCUT2D eigenvalue weighted by Gasteiger charge is -2.16. The Morgan fingerprint density at radius 2 is 2.05 bits per heavy atom. The molecule has 2 rings (SSSR count). The molecule has 1 amide bonds. The van der Waals surface area contributed by atoms with E-state index < -0.39 is 5.97 Å². The van der Waals surface area contributed by atoms with Crippen molar-refractivity contribution < 1.29 is 19.4 Å². The van der Waals surface area contributed by atoms with Gasteiger partial charge in [0.1, 0.15) is 5.75 Å². The molecular formula is C14H17NO4. The average molecular weight is 263 g/mol. The van der Waals surface area contributed by atoms with E-state index in [-0.39, 0.29) is 12.3 Å². The largest absolute Gasteiger partial charge is 0.494 e. The second kappa shape index (κ2) is 6.22. The summed E-state index contributed by atoms with van der Waals surface area (Å²) in [6.07, 6.45) is 2.13. The molecule has 1 saturated heterocycles. The molecular weight excluding hydrogens is 246 g/mol. The van der Waals surface area contributed by atoms with Crippen LogP contribution in [-0.4, -0.2) is 30.1 Å². The van der Waals surface area contributed by atoms with Gasteiger partial charge < -0.3 is 14.7 Å². The number of carbonyl (C=O) groups excluding carboxylic acids is 1. The van der Waals surface area contributed by atoms with Crippen LogP contribution in [0.5, 0.6) is 5.75 Å². The number of rotatable bonds is 6. The minimum Gasteiger partial charge on any atom is -0.494 e. The predicted octanol–water partition coefficient (Wildman–Crippen LogP) is 2.06. The Labute approximate surface area is 111 Å². The summed E-state index contributed by atoms with van der Waals surface area (Å²) in [5.41, 5.74) is 0.889. The molecule has 0 aliphatic carbocycles. The van der Waals surface area contributed by atoms with Gasteiger partial charge in [0.15, 0.2) is 0 Å². The Morgan fingerprint density at radius 1 is 1.32 bits per heavy atom. The van der Waals surface area contributed by atoms with Crippen LogP contribution in [-0.2, 0) is 9.59 Å². The molecule has 0 radical (unpaired) electrons. The van der Waals surface area contributed by atoms with E-state index in [4.69, 9.17) is 9.84 Å².